The highest BCUT2D eigenvalue weighted by atomic mass is 35.5. The molecule has 0 saturated carbocycles. The van der Waals surface area contributed by atoms with Crippen molar-refractivity contribution in [1.29, 1.82) is 10.5 Å². The van der Waals surface area contributed by atoms with Gasteiger partial charge in [-0.25, -0.2) is 8.78 Å². The zero-order valence-electron chi connectivity index (χ0n) is 10.4. The van der Waals surface area contributed by atoms with E-state index >= 15 is 0 Å². The highest BCUT2D eigenvalue weighted by Gasteiger charge is 2.27. The molecule has 0 fully saturated rings. The summed E-state index contributed by atoms with van der Waals surface area (Å²) in [5.74, 6) is -6.28. The lowest BCUT2D eigenvalue weighted by atomic mass is 10.1. The molecule has 0 radical (unpaired) electrons. The van der Waals surface area contributed by atoms with Crippen molar-refractivity contribution in [3.8, 4) is 23.6 Å². The second-order valence-corrected chi connectivity index (χ2v) is 4.77. The van der Waals surface area contributed by atoms with Crippen LogP contribution in [-0.4, -0.2) is 0 Å². The van der Waals surface area contributed by atoms with Crippen LogP contribution < -0.4 is 4.74 Å². The maximum atomic E-state index is 14.1. The van der Waals surface area contributed by atoms with E-state index in [9.17, 15) is 13.2 Å². The van der Waals surface area contributed by atoms with Gasteiger partial charge in [0.1, 0.15) is 29.0 Å². The summed E-state index contributed by atoms with van der Waals surface area (Å²) in [6.45, 7) is 0. The topological polar surface area (TPSA) is 56.8 Å². The maximum absolute atomic E-state index is 14.1. The van der Waals surface area contributed by atoms with Crippen LogP contribution in [0.5, 0.6) is 11.5 Å². The van der Waals surface area contributed by atoms with Gasteiger partial charge in [0.25, 0.3) is 0 Å². The molecule has 0 unspecified atom stereocenters. The van der Waals surface area contributed by atoms with Gasteiger partial charge >= 0.3 is 0 Å². The Bertz CT molecular complexity index is 857. The van der Waals surface area contributed by atoms with E-state index in [1.54, 1.807) is 0 Å². The van der Waals surface area contributed by atoms with Crippen LogP contribution in [0.25, 0.3) is 0 Å². The predicted octanol–water partition coefficient (Wildman–Crippen LogP) is 4.95. The Labute approximate surface area is 132 Å². The molecule has 0 saturated heterocycles. The number of ether oxygens (including phenoxy) is 1. The fourth-order valence-electron chi connectivity index (χ4n) is 1.61. The molecule has 8 heteroatoms. The minimum absolute atomic E-state index is 0.0745. The summed E-state index contributed by atoms with van der Waals surface area (Å²) < 4.78 is 46.6. The van der Waals surface area contributed by atoms with Gasteiger partial charge < -0.3 is 4.74 Å². The van der Waals surface area contributed by atoms with E-state index in [0.717, 1.165) is 0 Å². The van der Waals surface area contributed by atoms with Gasteiger partial charge in [-0.3, -0.25) is 0 Å². The van der Waals surface area contributed by atoms with Crippen LogP contribution in [0.3, 0.4) is 0 Å². The van der Waals surface area contributed by atoms with Crippen molar-refractivity contribution >= 4 is 23.2 Å². The molecule has 0 N–H and O–H groups in total. The molecule has 0 spiro atoms. The van der Waals surface area contributed by atoms with Gasteiger partial charge in [-0.15, -0.1) is 0 Å². The lowest BCUT2D eigenvalue weighted by Crippen LogP contribution is -2.04. The lowest BCUT2D eigenvalue weighted by Gasteiger charge is -2.11. The average Bonchev–Trinajstić information content (AvgIpc) is 2.49. The second-order valence-electron chi connectivity index (χ2n) is 3.92. The van der Waals surface area contributed by atoms with Crippen LogP contribution in [0, 0.1) is 40.1 Å². The quantitative estimate of drug-likeness (QED) is 0.725. The minimum atomic E-state index is -1.74. The Morgan fingerprint density at radius 3 is 2.05 bits per heavy atom. The highest BCUT2D eigenvalue weighted by Crippen LogP contribution is 2.37. The van der Waals surface area contributed by atoms with Crippen molar-refractivity contribution in [1.82, 2.24) is 0 Å². The number of hydrogen-bond acceptors (Lipinski definition) is 3. The van der Waals surface area contributed by atoms with Crippen LogP contribution in [0.4, 0.5) is 13.2 Å². The first-order chi connectivity index (χ1) is 10.4. The van der Waals surface area contributed by atoms with Crippen molar-refractivity contribution in [2.75, 3.05) is 0 Å². The Balaban J connectivity index is 2.65. The van der Waals surface area contributed by atoms with E-state index < -0.39 is 34.3 Å². The third-order valence-electron chi connectivity index (χ3n) is 2.61. The Kier molecular flexibility index (Phi) is 4.46. The normalized spacial score (nSPS) is 9.95. The molecule has 3 nitrogen and oxygen atoms in total. The maximum Gasteiger partial charge on any atom is 0.205 e. The zero-order chi connectivity index (χ0) is 16.4. The van der Waals surface area contributed by atoms with E-state index in [0.29, 0.717) is 0 Å². The van der Waals surface area contributed by atoms with Crippen LogP contribution in [0.15, 0.2) is 18.2 Å². The number of benzene rings is 2. The van der Waals surface area contributed by atoms with Crippen molar-refractivity contribution < 1.29 is 17.9 Å². The van der Waals surface area contributed by atoms with Gasteiger partial charge in [-0.2, -0.15) is 14.9 Å². The van der Waals surface area contributed by atoms with Crippen LogP contribution in [-0.2, 0) is 0 Å². The molecule has 0 aromatic heterocycles. The molecule has 0 heterocycles. The van der Waals surface area contributed by atoms with E-state index in [1.807, 2.05) is 0 Å². The summed E-state index contributed by atoms with van der Waals surface area (Å²) in [4.78, 5) is 0. The van der Waals surface area contributed by atoms with Crippen molar-refractivity contribution in [2.24, 2.45) is 0 Å². The monoisotopic (exact) mass is 342 g/mol. The van der Waals surface area contributed by atoms with E-state index in [-0.39, 0.29) is 15.8 Å². The standard InChI is InChI=1S/C14H3Cl2F3N2O/c15-6-1-2-10(9(16)3-6)22-14-12(18)8(5-21)7(4-20)11(17)13(14)19/h1-3H. The first kappa shape index (κ1) is 16.0. The van der Waals surface area contributed by atoms with Crippen LogP contribution in [0.2, 0.25) is 10.0 Å². The summed E-state index contributed by atoms with van der Waals surface area (Å²) in [7, 11) is 0. The van der Waals surface area contributed by atoms with Gasteiger partial charge in [0.05, 0.1) is 5.02 Å². The molecule has 0 atom stereocenters. The first-order valence-corrected chi connectivity index (χ1v) is 6.29. The number of nitriles is 2. The Morgan fingerprint density at radius 2 is 1.50 bits per heavy atom. The van der Waals surface area contributed by atoms with E-state index in [1.165, 1.54) is 30.3 Å². The summed E-state index contributed by atoms with van der Waals surface area (Å²) >= 11 is 11.5. The lowest BCUT2D eigenvalue weighted by molar-refractivity contribution is 0.385. The number of halogens is 5. The van der Waals surface area contributed by atoms with Crippen LogP contribution >= 0.6 is 23.2 Å². The molecule has 2 aromatic rings. The Hall–Kier alpha value is -2.41. The fraction of sp³-hybridized carbons (Fsp3) is 0. The van der Waals surface area contributed by atoms with Gasteiger partial charge in [0.15, 0.2) is 11.6 Å². The molecule has 2 rings (SSSR count). The molecule has 110 valence electrons. The predicted molar refractivity (Wildman–Crippen MR) is 72.3 cm³/mol. The minimum Gasteiger partial charge on any atom is -0.449 e. The molecule has 22 heavy (non-hydrogen) atoms. The van der Waals surface area contributed by atoms with E-state index in [2.05, 4.69) is 0 Å². The average molecular weight is 343 g/mol. The third-order valence-corrected chi connectivity index (χ3v) is 3.14. The molecule has 0 aliphatic carbocycles. The number of rotatable bonds is 2. The summed E-state index contributed by atoms with van der Waals surface area (Å²) in [6.07, 6.45) is 0. The van der Waals surface area contributed by atoms with Crippen molar-refractivity contribution in [3.63, 3.8) is 0 Å². The van der Waals surface area contributed by atoms with Gasteiger partial charge in [0, 0.05) is 5.02 Å². The second kappa shape index (κ2) is 6.15. The smallest absolute Gasteiger partial charge is 0.205 e. The zero-order valence-corrected chi connectivity index (χ0v) is 11.9. The van der Waals surface area contributed by atoms with Gasteiger partial charge in [-0.05, 0) is 18.2 Å². The molecule has 0 bridgehead atoms. The largest absolute Gasteiger partial charge is 0.449 e. The summed E-state index contributed by atoms with van der Waals surface area (Å²) in [5, 5.41) is 17.7. The van der Waals surface area contributed by atoms with Crippen molar-refractivity contribution in [2.45, 2.75) is 0 Å². The Morgan fingerprint density at radius 1 is 0.909 bits per heavy atom. The van der Waals surface area contributed by atoms with Crippen LogP contribution in [0.1, 0.15) is 11.1 Å². The molecular formula is C14H3Cl2F3N2O. The third kappa shape index (κ3) is 2.67. The molecular weight excluding hydrogens is 340 g/mol. The number of nitrogens with zero attached hydrogens (tertiary/aromatic N) is 2. The van der Waals surface area contributed by atoms with Gasteiger partial charge in [0.2, 0.25) is 11.6 Å². The summed E-state index contributed by atoms with van der Waals surface area (Å²) in [5.41, 5.74) is -1.99. The number of hydrogen-bond donors (Lipinski definition) is 0. The highest BCUT2D eigenvalue weighted by molar-refractivity contribution is 6.35. The van der Waals surface area contributed by atoms with E-state index in [4.69, 9.17) is 38.5 Å². The fourth-order valence-corrected chi connectivity index (χ4v) is 2.05. The molecule has 0 aliphatic rings. The molecule has 0 amide bonds. The van der Waals surface area contributed by atoms with Crippen molar-refractivity contribution in [3.05, 3.63) is 56.8 Å². The SMILES string of the molecule is N#Cc1c(F)c(F)c(Oc2ccc(Cl)cc2Cl)c(F)c1C#N. The van der Waals surface area contributed by atoms with Gasteiger partial charge in [-0.1, -0.05) is 23.2 Å². The molecule has 0 aliphatic heterocycles. The first-order valence-electron chi connectivity index (χ1n) is 5.54. The molecule has 2 aromatic carbocycles. The summed E-state index contributed by atoms with van der Waals surface area (Å²) in [6, 6.07) is 6.32.